The number of aryl methyl sites for hydroxylation is 1. The molecule has 1 aliphatic heterocycles. The molecule has 0 unspecified atom stereocenters. The van der Waals surface area contributed by atoms with E-state index in [9.17, 15) is 13.2 Å². The van der Waals surface area contributed by atoms with E-state index in [0.717, 1.165) is 11.1 Å². The number of hydrogen-bond acceptors (Lipinski definition) is 5. The third-order valence-electron chi connectivity index (χ3n) is 5.27. The Bertz CT molecular complexity index is 1170. The van der Waals surface area contributed by atoms with Gasteiger partial charge in [-0.3, -0.25) is 4.79 Å². The first-order valence-electron chi connectivity index (χ1n) is 9.70. The van der Waals surface area contributed by atoms with Crippen molar-refractivity contribution in [3.63, 3.8) is 0 Å². The van der Waals surface area contributed by atoms with Gasteiger partial charge in [0.25, 0.3) is 5.91 Å². The smallest absolute Gasteiger partial charge is 0.254 e. The molecule has 1 fully saturated rings. The largest absolute Gasteiger partial charge is 0.337 e. The Labute approximate surface area is 170 Å². The average Bonchev–Trinajstić information content (AvgIpc) is 3.11. The van der Waals surface area contributed by atoms with Crippen LogP contribution in [0.3, 0.4) is 0 Å². The van der Waals surface area contributed by atoms with E-state index in [4.69, 9.17) is 4.98 Å². The Balaban J connectivity index is 1.83. The summed E-state index contributed by atoms with van der Waals surface area (Å²) >= 11 is 0. The molecule has 2 aromatic heterocycles. The third-order valence-corrected chi connectivity index (χ3v) is 6.87. The van der Waals surface area contributed by atoms with Crippen LogP contribution in [0.1, 0.15) is 35.8 Å². The lowest BCUT2D eigenvalue weighted by Gasteiger charge is -2.27. The molecule has 29 heavy (non-hydrogen) atoms. The molecular weight excluding hydrogens is 388 g/mol. The minimum absolute atomic E-state index is 0.00302. The normalized spacial score (nSPS) is 16.5. The van der Waals surface area contributed by atoms with Crippen LogP contribution in [0.15, 0.2) is 36.5 Å². The van der Waals surface area contributed by atoms with E-state index in [-0.39, 0.29) is 36.5 Å². The van der Waals surface area contributed by atoms with Gasteiger partial charge in [-0.05, 0) is 26.8 Å². The lowest BCUT2D eigenvalue weighted by molar-refractivity contribution is 0.0772. The van der Waals surface area contributed by atoms with E-state index in [2.05, 4.69) is 5.10 Å². The highest BCUT2D eigenvalue weighted by atomic mass is 32.2. The maximum Gasteiger partial charge on any atom is 0.254 e. The van der Waals surface area contributed by atoms with Gasteiger partial charge in [0.1, 0.15) is 0 Å². The summed E-state index contributed by atoms with van der Waals surface area (Å²) in [6, 6.07) is 9.89. The van der Waals surface area contributed by atoms with Crippen molar-refractivity contribution < 1.29 is 13.2 Å². The van der Waals surface area contributed by atoms with Crippen LogP contribution in [0.25, 0.3) is 22.3 Å². The van der Waals surface area contributed by atoms with Gasteiger partial charge >= 0.3 is 0 Å². The molecule has 1 aliphatic rings. The predicted molar refractivity (Wildman–Crippen MR) is 113 cm³/mol. The minimum atomic E-state index is -3.06. The number of pyridine rings is 1. The van der Waals surface area contributed by atoms with Crippen molar-refractivity contribution in [2.45, 2.75) is 26.8 Å². The van der Waals surface area contributed by atoms with Gasteiger partial charge in [0.05, 0.1) is 34.3 Å². The number of benzene rings is 1. The Morgan fingerprint density at radius 2 is 1.76 bits per heavy atom. The number of carbonyl (C=O) groups is 1. The van der Waals surface area contributed by atoms with Crippen molar-refractivity contribution >= 4 is 26.8 Å². The molecule has 0 N–H and O–H groups in total. The Morgan fingerprint density at radius 3 is 2.38 bits per heavy atom. The summed E-state index contributed by atoms with van der Waals surface area (Å²) in [6.07, 6.45) is 1.68. The fourth-order valence-electron chi connectivity index (χ4n) is 3.53. The van der Waals surface area contributed by atoms with Gasteiger partial charge in [0, 0.05) is 24.7 Å². The highest BCUT2D eigenvalue weighted by Gasteiger charge is 2.28. The van der Waals surface area contributed by atoms with Gasteiger partial charge in [-0.25, -0.2) is 18.1 Å². The van der Waals surface area contributed by atoms with Crippen LogP contribution < -0.4 is 0 Å². The molecule has 1 saturated heterocycles. The van der Waals surface area contributed by atoms with Crippen molar-refractivity contribution in [3.8, 4) is 11.3 Å². The van der Waals surface area contributed by atoms with Crippen molar-refractivity contribution in [2.24, 2.45) is 0 Å². The number of carbonyl (C=O) groups excluding carboxylic acids is 1. The van der Waals surface area contributed by atoms with Crippen LogP contribution in [0.5, 0.6) is 0 Å². The maximum atomic E-state index is 13.3. The number of hydrogen-bond donors (Lipinski definition) is 0. The fraction of sp³-hybridized carbons (Fsp3) is 0.381. The van der Waals surface area contributed by atoms with E-state index < -0.39 is 9.84 Å². The SMILES string of the molecule is Cc1ccc(-c2cc(C(=O)N3CCS(=O)(=O)CC3)c3cnn(C(C)C)c3n2)cc1. The number of nitrogens with zero attached hydrogens (tertiary/aromatic N) is 4. The number of amides is 1. The molecule has 0 aliphatic carbocycles. The number of rotatable bonds is 3. The van der Waals surface area contributed by atoms with Crippen molar-refractivity contribution in [1.82, 2.24) is 19.7 Å². The summed E-state index contributed by atoms with van der Waals surface area (Å²) in [6.45, 7) is 6.48. The predicted octanol–water partition coefficient (Wildman–Crippen LogP) is 2.86. The van der Waals surface area contributed by atoms with E-state index in [1.807, 2.05) is 49.7 Å². The first-order valence-corrected chi connectivity index (χ1v) is 11.5. The quantitative estimate of drug-likeness (QED) is 0.660. The highest BCUT2D eigenvalue weighted by molar-refractivity contribution is 7.91. The summed E-state index contributed by atoms with van der Waals surface area (Å²) in [5, 5.41) is 5.13. The topological polar surface area (TPSA) is 85.2 Å². The zero-order valence-electron chi connectivity index (χ0n) is 16.8. The lowest BCUT2D eigenvalue weighted by Crippen LogP contribution is -2.43. The van der Waals surface area contributed by atoms with Crippen LogP contribution in [-0.4, -0.2) is 58.6 Å². The Kier molecular flexibility index (Phi) is 4.90. The summed E-state index contributed by atoms with van der Waals surface area (Å²) in [5.74, 6) is -0.171. The fourth-order valence-corrected chi connectivity index (χ4v) is 4.73. The van der Waals surface area contributed by atoms with Crippen molar-refractivity contribution in [1.29, 1.82) is 0 Å². The maximum absolute atomic E-state index is 13.3. The second kappa shape index (κ2) is 7.26. The third kappa shape index (κ3) is 3.76. The van der Waals surface area contributed by atoms with Crippen molar-refractivity contribution in [3.05, 3.63) is 47.7 Å². The summed E-state index contributed by atoms with van der Waals surface area (Å²) in [7, 11) is -3.06. The molecule has 0 radical (unpaired) electrons. The molecule has 1 amide bonds. The number of sulfone groups is 1. The first-order chi connectivity index (χ1) is 13.7. The lowest BCUT2D eigenvalue weighted by atomic mass is 10.0. The molecule has 0 bridgehead atoms. The molecular formula is C21H24N4O3S. The van der Waals surface area contributed by atoms with Crippen LogP contribution in [0, 0.1) is 6.92 Å². The molecule has 3 aromatic rings. The standard InChI is InChI=1S/C21H24N4O3S/c1-14(2)25-20-18(13-22-25)17(21(26)24-8-10-29(27,28)11-9-24)12-19(23-20)16-6-4-15(3)5-7-16/h4-7,12-14H,8-11H2,1-3H3. The van der Waals surface area contributed by atoms with Crippen LogP contribution in [0.4, 0.5) is 0 Å². The molecule has 4 rings (SSSR count). The minimum Gasteiger partial charge on any atom is -0.337 e. The molecule has 0 spiro atoms. The molecule has 7 nitrogen and oxygen atoms in total. The zero-order valence-corrected chi connectivity index (χ0v) is 17.6. The molecule has 152 valence electrons. The molecule has 1 aromatic carbocycles. The van der Waals surface area contributed by atoms with Gasteiger partial charge in [-0.15, -0.1) is 0 Å². The average molecular weight is 413 g/mol. The Morgan fingerprint density at radius 1 is 1.10 bits per heavy atom. The zero-order chi connectivity index (χ0) is 20.8. The van der Waals surface area contributed by atoms with Crippen LogP contribution in [-0.2, 0) is 9.84 Å². The van der Waals surface area contributed by atoms with E-state index in [1.54, 1.807) is 17.2 Å². The second-order valence-corrected chi connectivity index (χ2v) is 10.1. The van der Waals surface area contributed by atoms with Crippen LogP contribution >= 0.6 is 0 Å². The van der Waals surface area contributed by atoms with E-state index in [0.29, 0.717) is 22.3 Å². The van der Waals surface area contributed by atoms with Gasteiger partial charge in [0.15, 0.2) is 15.5 Å². The summed E-state index contributed by atoms with van der Waals surface area (Å²) < 4.78 is 25.3. The van der Waals surface area contributed by atoms with Gasteiger partial charge in [-0.2, -0.15) is 5.10 Å². The van der Waals surface area contributed by atoms with Gasteiger partial charge in [0.2, 0.25) is 0 Å². The molecule has 0 atom stereocenters. The Hall–Kier alpha value is -2.74. The van der Waals surface area contributed by atoms with E-state index >= 15 is 0 Å². The summed E-state index contributed by atoms with van der Waals surface area (Å²) in [5.41, 5.74) is 3.94. The monoisotopic (exact) mass is 412 g/mol. The van der Waals surface area contributed by atoms with Gasteiger partial charge in [-0.1, -0.05) is 29.8 Å². The van der Waals surface area contributed by atoms with Crippen molar-refractivity contribution in [2.75, 3.05) is 24.6 Å². The second-order valence-electron chi connectivity index (χ2n) is 7.79. The first kappa shape index (κ1) is 19.6. The number of fused-ring (bicyclic) bond motifs is 1. The molecule has 0 saturated carbocycles. The number of aromatic nitrogens is 3. The molecule has 8 heteroatoms. The molecule has 3 heterocycles. The highest BCUT2D eigenvalue weighted by Crippen LogP contribution is 2.28. The van der Waals surface area contributed by atoms with E-state index in [1.165, 1.54) is 0 Å². The van der Waals surface area contributed by atoms with Crippen LogP contribution in [0.2, 0.25) is 0 Å². The van der Waals surface area contributed by atoms with Gasteiger partial charge < -0.3 is 4.90 Å². The summed E-state index contributed by atoms with van der Waals surface area (Å²) in [4.78, 5) is 19.7.